The van der Waals surface area contributed by atoms with Gasteiger partial charge in [-0.2, -0.15) is 0 Å². The van der Waals surface area contributed by atoms with Crippen molar-refractivity contribution in [3.05, 3.63) is 0 Å². The largest absolute Gasteiger partial charge is 1.00 e. The van der Waals surface area contributed by atoms with Crippen LogP contribution in [0.4, 0.5) is 0 Å². The van der Waals surface area contributed by atoms with Crippen LogP contribution in [-0.2, 0) is 9.31 Å². The van der Waals surface area contributed by atoms with E-state index in [1.807, 2.05) is 0 Å². The van der Waals surface area contributed by atoms with Gasteiger partial charge in [0.25, 0.3) is 0 Å². The van der Waals surface area contributed by atoms with Crippen molar-refractivity contribution >= 4 is 14.2 Å². The molecule has 0 radical (unpaired) electrons. The van der Waals surface area contributed by atoms with Gasteiger partial charge >= 0.3 is 43.8 Å². The van der Waals surface area contributed by atoms with E-state index < -0.39 is 27.2 Å². The second kappa shape index (κ2) is 8.88. The first-order chi connectivity index (χ1) is 12.7. The topological polar surface area (TPSA) is 151 Å². The summed E-state index contributed by atoms with van der Waals surface area (Å²) >= 11 is -5.94. The van der Waals surface area contributed by atoms with E-state index in [9.17, 15) is 0 Å². The van der Waals surface area contributed by atoms with Crippen molar-refractivity contribution in [1.82, 2.24) is 0 Å². The van der Waals surface area contributed by atoms with E-state index in [2.05, 4.69) is 41.5 Å². The molecule has 0 atom stereocenters. The Morgan fingerprint density at radius 3 is 1.23 bits per heavy atom. The maximum Gasteiger partial charge on any atom is 1.00 e. The van der Waals surface area contributed by atoms with Gasteiger partial charge in [-0.15, -0.1) is 0 Å². The van der Waals surface area contributed by atoms with Crippen molar-refractivity contribution in [2.24, 2.45) is 10.8 Å². The number of hydrogen-bond acceptors (Lipinski definition) is 8. The molecule has 12 heteroatoms. The molecular formula is C19H36B2INaO8. The molecule has 174 valence electrons. The van der Waals surface area contributed by atoms with E-state index in [1.165, 1.54) is 19.3 Å². The first kappa shape index (κ1) is 30.6. The van der Waals surface area contributed by atoms with Gasteiger partial charge in [0.05, 0.1) is 11.2 Å². The second-order valence-electron chi connectivity index (χ2n) is 11.7. The molecule has 7 aliphatic rings. The molecule has 31 heavy (non-hydrogen) atoms. The minimum Gasteiger partial charge on any atom is -0.427 e. The smallest absolute Gasteiger partial charge is 0.427 e. The van der Waals surface area contributed by atoms with Crippen molar-refractivity contribution in [3.8, 4) is 0 Å². The Bertz CT molecular complexity index is 608. The minimum atomic E-state index is -5.94. The minimum absolute atomic E-state index is 0. The van der Waals surface area contributed by atoms with Crippen LogP contribution in [0.25, 0.3) is 0 Å². The summed E-state index contributed by atoms with van der Waals surface area (Å²) in [5.74, 6) is 0. The predicted octanol–water partition coefficient (Wildman–Crippen LogP) is -6.69. The van der Waals surface area contributed by atoms with E-state index in [0.29, 0.717) is 16.1 Å². The van der Waals surface area contributed by atoms with Crippen molar-refractivity contribution in [2.45, 2.75) is 109 Å². The Balaban J connectivity index is 0.000000259. The SMILES string of the molecule is C.CC12CC(B(O)O)(C1)C2.CC12CC(B3OC(C)(C)C(C)(C)O3)(C1)C2.[Na+].[O-][I+3]([O-])([O-])[O-]. The van der Waals surface area contributed by atoms with Crippen LogP contribution < -0.4 is 63.4 Å². The van der Waals surface area contributed by atoms with E-state index in [-0.39, 0.29) is 60.6 Å². The summed E-state index contributed by atoms with van der Waals surface area (Å²) in [5, 5.41) is 18.0. The second-order valence-corrected chi connectivity index (χ2v) is 13.9. The van der Waals surface area contributed by atoms with Gasteiger partial charge in [0.2, 0.25) is 0 Å². The van der Waals surface area contributed by atoms with Crippen LogP contribution in [0, 0.1) is 10.8 Å². The molecule has 1 saturated heterocycles. The van der Waals surface area contributed by atoms with E-state index >= 15 is 0 Å². The summed E-state index contributed by atoms with van der Waals surface area (Å²) < 4.78 is 46.7. The maximum atomic E-state index is 8.84. The van der Waals surface area contributed by atoms with Crippen LogP contribution in [-0.4, -0.2) is 35.5 Å². The molecule has 0 aromatic carbocycles. The van der Waals surface area contributed by atoms with E-state index in [1.54, 1.807) is 0 Å². The molecule has 0 unspecified atom stereocenters. The van der Waals surface area contributed by atoms with Gasteiger partial charge in [-0.25, -0.2) is 0 Å². The summed E-state index contributed by atoms with van der Waals surface area (Å²) in [5.41, 5.74) is 0.801. The summed E-state index contributed by atoms with van der Waals surface area (Å²) in [4.78, 5) is 0. The molecule has 4 bridgehead atoms. The summed E-state index contributed by atoms with van der Waals surface area (Å²) in [6, 6.07) is 0. The molecule has 0 spiro atoms. The summed E-state index contributed by atoms with van der Waals surface area (Å²) in [6.07, 6.45) is 6.98. The Morgan fingerprint density at radius 1 is 0.742 bits per heavy atom. The first-order valence-corrected chi connectivity index (χ1v) is 13.6. The van der Waals surface area contributed by atoms with Crippen LogP contribution >= 0.6 is 0 Å². The van der Waals surface area contributed by atoms with Crippen molar-refractivity contribution < 1.29 is 82.8 Å². The van der Waals surface area contributed by atoms with E-state index in [4.69, 9.17) is 33.1 Å². The van der Waals surface area contributed by atoms with Gasteiger partial charge in [0.1, 0.15) is 20.1 Å². The number of hydrogen-bond donors (Lipinski definition) is 2. The predicted molar refractivity (Wildman–Crippen MR) is 102 cm³/mol. The van der Waals surface area contributed by atoms with Gasteiger partial charge in [-0.05, 0) is 77.0 Å². The summed E-state index contributed by atoms with van der Waals surface area (Å²) in [6.45, 7) is 13.1. The Kier molecular flexibility index (Phi) is 8.76. The zero-order valence-electron chi connectivity index (χ0n) is 19.1. The number of rotatable bonds is 2. The van der Waals surface area contributed by atoms with Gasteiger partial charge in [0, 0.05) is 10.6 Å². The van der Waals surface area contributed by atoms with Crippen molar-refractivity contribution in [1.29, 1.82) is 0 Å². The van der Waals surface area contributed by atoms with Crippen molar-refractivity contribution in [3.63, 3.8) is 0 Å². The molecule has 6 saturated carbocycles. The molecule has 0 aromatic rings. The Morgan fingerprint density at radius 2 is 1.03 bits per heavy atom. The van der Waals surface area contributed by atoms with Gasteiger partial charge in [-0.1, -0.05) is 21.3 Å². The third-order valence-electron chi connectivity index (χ3n) is 7.97. The van der Waals surface area contributed by atoms with Gasteiger partial charge in [0.15, 0.2) is 0 Å². The first-order valence-electron chi connectivity index (χ1n) is 10.1. The molecule has 0 amide bonds. The van der Waals surface area contributed by atoms with Crippen LogP contribution in [0.2, 0.25) is 10.6 Å². The number of halogens is 1. The quantitative estimate of drug-likeness (QED) is 0.249. The Hall–Kier alpha value is 1.54. The van der Waals surface area contributed by atoms with Crippen LogP contribution in [0.3, 0.4) is 0 Å². The standard InChI is InChI=1S/C12H21BO2.C6H11BO2.CH4.IO4.Na/c1-9(2)10(3,4)15-13(14-9)12-6-11(5,7-12)8-12;1-5-2-6(3-5,4-5)7(8)9;;2-1(3,4)5;/h6-8H2,1-5H3;8-9H,2-4H2,1H3;1H4;;/q;;;-1;+1. The van der Waals surface area contributed by atoms with Crippen LogP contribution in [0.1, 0.15) is 87.5 Å². The van der Waals surface area contributed by atoms with E-state index in [0.717, 1.165) is 19.3 Å². The molecule has 8 nitrogen and oxygen atoms in total. The molecule has 2 N–H and O–H groups in total. The van der Waals surface area contributed by atoms with Crippen LogP contribution in [0.5, 0.6) is 0 Å². The molecule has 6 aliphatic carbocycles. The molecule has 7 fully saturated rings. The Labute approximate surface area is 215 Å². The average Bonchev–Trinajstić information content (AvgIpc) is 2.56. The fourth-order valence-corrected chi connectivity index (χ4v) is 6.41. The molecule has 7 rings (SSSR count). The third-order valence-corrected chi connectivity index (χ3v) is 7.97. The molecular weight excluding hydrogens is 528 g/mol. The zero-order chi connectivity index (χ0) is 22.3. The molecule has 0 aromatic heterocycles. The van der Waals surface area contributed by atoms with Gasteiger partial charge < -0.3 is 19.4 Å². The average molecular weight is 564 g/mol. The van der Waals surface area contributed by atoms with Gasteiger partial charge in [-0.3, -0.25) is 13.7 Å². The fraction of sp³-hybridized carbons (Fsp3) is 1.00. The fourth-order valence-electron chi connectivity index (χ4n) is 6.41. The monoisotopic (exact) mass is 564 g/mol. The summed E-state index contributed by atoms with van der Waals surface area (Å²) in [7, 11) is -1.01. The van der Waals surface area contributed by atoms with Crippen LogP contribution in [0.15, 0.2) is 0 Å². The molecule has 1 aliphatic heterocycles. The molecule has 1 heterocycles. The zero-order valence-corrected chi connectivity index (χ0v) is 23.3. The van der Waals surface area contributed by atoms with Crippen molar-refractivity contribution in [2.75, 3.05) is 0 Å². The third kappa shape index (κ3) is 5.86. The maximum absolute atomic E-state index is 8.84. The normalized spacial score (nSPS) is 41.6.